The fourth-order valence-electron chi connectivity index (χ4n) is 3.41. The molecule has 24 heavy (non-hydrogen) atoms. The molecule has 0 fully saturated rings. The van der Waals surface area contributed by atoms with Crippen LogP contribution in [-0.2, 0) is 11.2 Å². The van der Waals surface area contributed by atoms with E-state index in [1.807, 2.05) is 35.2 Å². The summed E-state index contributed by atoms with van der Waals surface area (Å²) in [5, 5.41) is 2.07. The molecular formula is C20H24FN2O+. The molecule has 4 heteroatoms. The highest BCUT2D eigenvalue weighted by atomic mass is 19.1. The van der Waals surface area contributed by atoms with E-state index in [0.29, 0.717) is 12.5 Å². The number of carbonyl (C=O) groups excluding carboxylic acids is 1. The summed E-state index contributed by atoms with van der Waals surface area (Å²) in [5.74, 6) is 0.257. The number of hydrogen-bond donors (Lipinski definition) is 1. The van der Waals surface area contributed by atoms with E-state index >= 15 is 0 Å². The van der Waals surface area contributed by atoms with Crippen LogP contribution in [0.1, 0.15) is 31.0 Å². The Labute approximate surface area is 142 Å². The molecule has 2 aromatic rings. The summed E-state index contributed by atoms with van der Waals surface area (Å²) >= 11 is 0. The molecule has 0 bridgehead atoms. The molecule has 1 aliphatic rings. The Bertz CT molecular complexity index is 712. The molecule has 0 saturated carbocycles. The minimum Gasteiger partial charge on any atom is -0.332 e. The van der Waals surface area contributed by atoms with Crippen LogP contribution in [0.3, 0.4) is 0 Å². The van der Waals surface area contributed by atoms with E-state index < -0.39 is 0 Å². The number of nitrogens with two attached hydrogens (primary N) is 1. The maximum absolute atomic E-state index is 13.1. The van der Waals surface area contributed by atoms with E-state index in [0.717, 1.165) is 24.2 Å². The van der Waals surface area contributed by atoms with E-state index in [4.69, 9.17) is 0 Å². The number of rotatable bonds is 5. The Morgan fingerprint density at radius 3 is 2.58 bits per heavy atom. The lowest BCUT2D eigenvalue weighted by molar-refractivity contribution is -0.692. The number of amides is 1. The summed E-state index contributed by atoms with van der Waals surface area (Å²) in [6, 6.07) is 14.8. The zero-order valence-corrected chi connectivity index (χ0v) is 14.2. The molecule has 3 nitrogen and oxygen atoms in total. The molecule has 1 aliphatic heterocycles. The van der Waals surface area contributed by atoms with Gasteiger partial charge >= 0.3 is 0 Å². The average Bonchev–Trinajstić information content (AvgIpc) is 3.00. The van der Waals surface area contributed by atoms with E-state index in [9.17, 15) is 9.18 Å². The van der Waals surface area contributed by atoms with Gasteiger partial charge in [0.2, 0.25) is 0 Å². The predicted octanol–water partition coefficient (Wildman–Crippen LogP) is 2.68. The third kappa shape index (κ3) is 3.49. The SMILES string of the molecule is CC(C)[C@H]([NH2+]CC(=O)N1CCc2ccccc21)c1ccc(F)cc1. The molecule has 0 aliphatic carbocycles. The highest BCUT2D eigenvalue weighted by Crippen LogP contribution is 2.27. The highest BCUT2D eigenvalue weighted by Gasteiger charge is 2.27. The first-order valence-electron chi connectivity index (χ1n) is 8.53. The molecule has 2 N–H and O–H groups in total. The molecule has 3 rings (SSSR count). The number of quaternary nitrogens is 1. The monoisotopic (exact) mass is 327 g/mol. The van der Waals surface area contributed by atoms with Gasteiger partial charge in [-0.25, -0.2) is 4.39 Å². The lowest BCUT2D eigenvalue weighted by Gasteiger charge is -2.22. The van der Waals surface area contributed by atoms with Crippen molar-refractivity contribution in [3.8, 4) is 0 Å². The molecule has 0 spiro atoms. The third-order valence-corrected chi connectivity index (χ3v) is 4.71. The van der Waals surface area contributed by atoms with E-state index in [1.165, 1.54) is 17.7 Å². The van der Waals surface area contributed by atoms with E-state index in [1.54, 1.807) is 0 Å². The first kappa shape index (κ1) is 16.7. The first-order chi connectivity index (χ1) is 11.6. The van der Waals surface area contributed by atoms with Gasteiger partial charge in [-0.15, -0.1) is 0 Å². The van der Waals surface area contributed by atoms with E-state index in [2.05, 4.69) is 25.2 Å². The maximum atomic E-state index is 13.1. The fraction of sp³-hybridized carbons (Fsp3) is 0.350. The Kier molecular flexibility index (Phi) is 4.95. The van der Waals surface area contributed by atoms with Crippen LogP contribution >= 0.6 is 0 Å². The normalized spacial score (nSPS) is 14.8. The summed E-state index contributed by atoms with van der Waals surface area (Å²) in [4.78, 5) is 14.5. The van der Waals surface area contributed by atoms with Gasteiger partial charge < -0.3 is 10.2 Å². The minimum absolute atomic E-state index is 0.132. The lowest BCUT2D eigenvalue weighted by Crippen LogP contribution is -2.88. The zero-order chi connectivity index (χ0) is 17.1. The lowest BCUT2D eigenvalue weighted by atomic mass is 9.96. The molecule has 1 atom stereocenters. The van der Waals surface area contributed by atoms with Gasteiger partial charge in [0.25, 0.3) is 5.91 Å². The molecule has 0 radical (unpaired) electrons. The molecule has 2 aromatic carbocycles. The minimum atomic E-state index is -0.231. The van der Waals surface area contributed by atoms with Crippen molar-refractivity contribution in [2.24, 2.45) is 5.92 Å². The molecule has 126 valence electrons. The second-order valence-electron chi connectivity index (χ2n) is 6.69. The molecular weight excluding hydrogens is 303 g/mol. The molecule has 0 unspecified atom stereocenters. The Balaban J connectivity index is 1.67. The van der Waals surface area contributed by atoms with E-state index in [-0.39, 0.29) is 17.8 Å². The van der Waals surface area contributed by atoms with Crippen LogP contribution in [0.2, 0.25) is 0 Å². The number of nitrogens with zero attached hydrogens (tertiary/aromatic N) is 1. The predicted molar refractivity (Wildman–Crippen MR) is 93.3 cm³/mol. The molecule has 1 amide bonds. The topological polar surface area (TPSA) is 36.9 Å². The van der Waals surface area contributed by atoms with Crippen LogP contribution in [-0.4, -0.2) is 19.0 Å². The Hall–Kier alpha value is -2.20. The van der Waals surface area contributed by atoms with Crippen molar-refractivity contribution >= 4 is 11.6 Å². The third-order valence-electron chi connectivity index (χ3n) is 4.71. The van der Waals surface area contributed by atoms with Crippen molar-refractivity contribution in [1.29, 1.82) is 0 Å². The second kappa shape index (κ2) is 7.14. The van der Waals surface area contributed by atoms with Crippen molar-refractivity contribution in [3.05, 3.63) is 65.5 Å². The van der Waals surface area contributed by atoms with Crippen molar-refractivity contribution in [2.75, 3.05) is 18.0 Å². The van der Waals surface area contributed by atoms with Crippen molar-refractivity contribution < 1.29 is 14.5 Å². The van der Waals surface area contributed by atoms with Crippen molar-refractivity contribution in [1.82, 2.24) is 0 Å². The van der Waals surface area contributed by atoms with Crippen molar-refractivity contribution in [3.63, 3.8) is 0 Å². The van der Waals surface area contributed by atoms with Gasteiger partial charge in [0.1, 0.15) is 11.9 Å². The van der Waals surface area contributed by atoms with Gasteiger partial charge in [0.05, 0.1) is 0 Å². The van der Waals surface area contributed by atoms with Gasteiger partial charge in [-0.2, -0.15) is 0 Å². The van der Waals surface area contributed by atoms with Crippen LogP contribution in [0.5, 0.6) is 0 Å². The summed E-state index contributed by atoms with van der Waals surface area (Å²) in [7, 11) is 0. The van der Waals surface area contributed by atoms with Crippen LogP contribution in [0.25, 0.3) is 0 Å². The van der Waals surface area contributed by atoms with Crippen molar-refractivity contribution in [2.45, 2.75) is 26.3 Å². The van der Waals surface area contributed by atoms with Gasteiger partial charge in [-0.3, -0.25) is 4.79 Å². The maximum Gasteiger partial charge on any atom is 0.282 e. The zero-order valence-electron chi connectivity index (χ0n) is 14.2. The standard InChI is InChI=1S/C20H23FN2O/c1-14(2)20(16-7-9-17(21)10-8-16)22-13-19(24)23-12-11-15-5-3-4-6-18(15)23/h3-10,14,20,22H,11-13H2,1-2H3/p+1/t20-/m0/s1. The number of hydrogen-bond acceptors (Lipinski definition) is 1. The quantitative estimate of drug-likeness (QED) is 0.901. The highest BCUT2D eigenvalue weighted by molar-refractivity contribution is 5.96. The van der Waals surface area contributed by atoms with Gasteiger partial charge in [0.15, 0.2) is 6.54 Å². The summed E-state index contributed by atoms with van der Waals surface area (Å²) < 4.78 is 13.1. The Morgan fingerprint density at radius 1 is 1.17 bits per heavy atom. The number of carbonyl (C=O) groups is 1. The van der Waals surface area contributed by atoms with Crippen LogP contribution in [0.15, 0.2) is 48.5 Å². The fourth-order valence-corrected chi connectivity index (χ4v) is 3.41. The van der Waals surface area contributed by atoms with Crippen LogP contribution in [0, 0.1) is 11.7 Å². The van der Waals surface area contributed by atoms with Crippen LogP contribution in [0.4, 0.5) is 10.1 Å². The Morgan fingerprint density at radius 2 is 1.88 bits per heavy atom. The molecule has 0 aromatic heterocycles. The molecule has 1 heterocycles. The first-order valence-corrected chi connectivity index (χ1v) is 8.53. The number of anilines is 1. The summed E-state index contributed by atoms with van der Waals surface area (Å²) in [5.41, 5.74) is 3.34. The average molecular weight is 327 g/mol. The largest absolute Gasteiger partial charge is 0.332 e. The smallest absolute Gasteiger partial charge is 0.282 e. The summed E-state index contributed by atoms with van der Waals surface area (Å²) in [6.07, 6.45) is 0.924. The van der Waals surface area contributed by atoms with Gasteiger partial charge in [-0.1, -0.05) is 44.2 Å². The van der Waals surface area contributed by atoms with Crippen LogP contribution < -0.4 is 10.2 Å². The van der Waals surface area contributed by atoms with Gasteiger partial charge in [-0.05, 0) is 30.2 Å². The number of halogens is 1. The summed E-state index contributed by atoms with van der Waals surface area (Å²) in [6.45, 7) is 5.41. The number of benzene rings is 2. The van der Waals surface area contributed by atoms with Gasteiger partial charge in [0, 0.05) is 23.7 Å². The number of fused-ring (bicyclic) bond motifs is 1. The molecule has 0 saturated heterocycles. The second-order valence-corrected chi connectivity index (χ2v) is 6.69. The number of para-hydroxylation sites is 1.